The van der Waals surface area contributed by atoms with Crippen molar-refractivity contribution < 1.29 is 68.1 Å². The number of ketones is 1. The third-order valence-electron chi connectivity index (χ3n) is 12.1. The highest BCUT2D eigenvalue weighted by Crippen LogP contribution is 2.61. The number of ether oxygens (including phenoxy) is 5. The number of esters is 3. The van der Waals surface area contributed by atoms with Crippen LogP contribution in [0.15, 0.2) is 71.8 Å². The molecule has 12 atom stereocenters. The Morgan fingerprint density at radius 2 is 1.60 bits per heavy atom. The normalized spacial score (nSPS) is 34.4. The van der Waals surface area contributed by atoms with Gasteiger partial charge in [-0.05, 0) is 63.5 Å². The molecule has 57 heavy (non-hydrogen) atoms. The Balaban J connectivity index is 1.46. The number of aliphatic hydroxyl groups is 4. The Bertz CT molecular complexity index is 1930. The van der Waals surface area contributed by atoms with Gasteiger partial charge in [-0.1, -0.05) is 55.5 Å². The number of benzene rings is 2. The molecule has 2 bridgehead atoms. The number of carbonyl (C=O) groups excluding carboxylic acids is 5. The molecule has 3 aliphatic carbocycles. The lowest BCUT2D eigenvalue weighted by atomic mass is 9.47. The minimum Gasteiger partial charge on any atom is -0.456 e. The fourth-order valence-electron chi connectivity index (χ4n) is 9.21. The lowest BCUT2D eigenvalue weighted by Gasteiger charge is -2.66. The predicted octanol–water partition coefficient (Wildman–Crippen LogP) is 2.87. The van der Waals surface area contributed by atoms with E-state index in [1.807, 2.05) is 0 Å². The van der Waals surface area contributed by atoms with Crippen LogP contribution < -0.4 is 5.32 Å². The van der Waals surface area contributed by atoms with Gasteiger partial charge in [0.05, 0.1) is 35.6 Å². The monoisotopic (exact) mass is 793 g/mol. The van der Waals surface area contributed by atoms with E-state index in [0.717, 1.165) is 6.92 Å². The Morgan fingerprint density at radius 3 is 2.16 bits per heavy atom. The van der Waals surface area contributed by atoms with Crippen LogP contribution >= 0.6 is 0 Å². The summed E-state index contributed by atoms with van der Waals surface area (Å²) in [6.45, 7) is 10.2. The van der Waals surface area contributed by atoms with E-state index in [2.05, 4.69) is 5.32 Å². The Morgan fingerprint density at radius 1 is 0.982 bits per heavy atom. The number of fused-ring (bicyclic) bond motifs is 5. The molecule has 2 saturated carbocycles. The topological polar surface area (TPSA) is 224 Å². The molecule has 1 saturated heterocycles. The first-order valence-electron chi connectivity index (χ1n) is 19.0. The number of Topliss-reactive ketones (excluding diaryl/α,β-unsaturated/α-hetero) is 1. The van der Waals surface area contributed by atoms with Gasteiger partial charge in [0.15, 0.2) is 17.5 Å². The average molecular weight is 794 g/mol. The van der Waals surface area contributed by atoms with Crippen LogP contribution in [0.1, 0.15) is 83.3 Å². The molecule has 15 heteroatoms. The quantitative estimate of drug-likeness (QED) is 0.147. The number of hydrogen-bond donors (Lipinski definition) is 5. The molecule has 1 unspecified atom stereocenters. The summed E-state index contributed by atoms with van der Waals surface area (Å²) >= 11 is 0. The molecule has 0 spiro atoms. The average Bonchev–Trinajstić information content (AvgIpc) is 3.15. The first-order valence-corrected chi connectivity index (χ1v) is 19.0. The smallest absolute Gasteiger partial charge is 0.408 e. The van der Waals surface area contributed by atoms with Gasteiger partial charge in [-0.15, -0.1) is 0 Å². The molecule has 3 fully saturated rings. The fraction of sp³-hybridized carbons (Fsp3) is 0.548. The number of carbonyl (C=O) groups is 5. The first-order chi connectivity index (χ1) is 26.7. The molecule has 2 aromatic carbocycles. The van der Waals surface area contributed by atoms with Crippen LogP contribution in [0.5, 0.6) is 0 Å². The molecule has 6 rings (SSSR count). The number of alkyl carbamates (subject to hydrolysis) is 1. The molecule has 2 aromatic rings. The summed E-state index contributed by atoms with van der Waals surface area (Å²) in [6.07, 6.45) is -11.3. The molecule has 1 amide bonds. The third-order valence-corrected chi connectivity index (χ3v) is 12.1. The SMILES string of the molecule is CC(=O)O[C@@]12CO[C@@H]1C[C@@H](O)[C@@]1(C)C(=O)[C@H](O)C3=C(C)[C@@H](OC(=O)[C@H](O)[C@@H](NC(=O)OC(C)(C)C)c4ccccc4)C[C@](O)(C3C)[C@@H](OC(=O)c3ccccc3)[C@H]21. The van der Waals surface area contributed by atoms with Crippen molar-refractivity contribution in [2.24, 2.45) is 17.3 Å². The van der Waals surface area contributed by atoms with Gasteiger partial charge in [0.1, 0.15) is 35.6 Å². The van der Waals surface area contributed by atoms with Gasteiger partial charge in [0.25, 0.3) is 0 Å². The number of nitrogens with one attached hydrogen (secondary N) is 1. The van der Waals surface area contributed by atoms with E-state index in [9.17, 15) is 44.4 Å². The summed E-state index contributed by atoms with van der Waals surface area (Å²) in [5.41, 5.74) is -6.36. The molecule has 15 nitrogen and oxygen atoms in total. The van der Waals surface area contributed by atoms with Gasteiger partial charge in [-0.3, -0.25) is 9.59 Å². The molecule has 1 heterocycles. The second-order valence-electron chi connectivity index (χ2n) is 16.8. The van der Waals surface area contributed by atoms with E-state index in [4.69, 9.17) is 23.7 Å². The summed E-state index contributed by atoms with van der Waals surface area (Å²) in [5.74, 6) is -6.48. The molecule has 308 valence electrons. The van der Waals surface area contributed by atoms with Crippen molar-refractivity contribution in [3.8, 4) is 0 Å². The van der Waals surface area contributed by atoms with Crippen LogP contribution in [-0.2, 0) is 38.1 Å². The predicted molar refractivity (Wildman–Crippen MR) is 199 cm³/mol. The van der Waals surface area contributed by atoms with E-state index >= 15 is 0 Å². The maximum atomic E-state index is 14.8. The Kier molecular flexibility index (Phi) is 11.2. The fourth-order valence-corrected chi connectivity index (χ4v) is 9.21. The molecule has 0 aromatic heterocycles. The molecular formula is C42H51NO14. The first kappa shape index (κ1) is 41.9. The van der Waals surface area contributed by atoms with E-state index in [1.165, 1.54) is 32.9 Å². The van der Waals surface area contributed by atoms with Crippen LogP contribution in [0.25, 0.3) is 0 Å². The summed E-state index contributed by atoms with van der Waals surface area (Å²) in [4.78, 5) is 68.5. The Hall–Kier alpha value is -4.67. The summed E-state index contributed by atoms with van der Waals surface area (Å²) in [6, 6.07) is 14.6. The maximum absolute atomic E-state index is 14.8. The van der Waals surface area contributed by atoms with E-state index < -0.39 is 113 Å². The van der Waals surface area contributed by atoms with Crippen molar-refractivity contribution >= 4 is 29.8 Å². The van der Waals surface area contributed by atoms with E-state index in [0.29, 0.717) is 5.56 Å². The van der Waals surface area contributed by atoms with Crippen LogP contribution in [0.4, 0.5) is 4.79 Å². The van der Waals surface area contributed by atoms with Crippen molar-refractivity contribution in [2.75, 3.05) is 6.61 Å². The summed E-state index contributed by atoms with van der Waals surface area (Å²) in [7, 11) is 0. The minimum absolute atomic E-state index is 0.0475. The number of amides is 1. The Labute approximate surface area is 330 Å². The second-order valence-corrected chi connectivity index (χ2v) is 16.8. The third kappa shape index (κ3) is 7.35. The maximum Gasteiger partial charge on any atom is 0.408 e. The highest BCUT2D eigenvalue weighted by molar-refractivity contribution is 5.94. The highest BCUT2D eigenvalue weighted by atomic mass is 16.6. The number of hydrogen-bond acceptors (Lipinski definition) is 14. The lowest BCUT2D eigenvalue weighted by Crippen LogP contribution is -2.81. The van der Waals surface area contributed by atoms with Crippen molar-refractivity contribution in [1.82, 2.24) is 5.32 Å². The van der Waals surface area contributed by atoms with Crippen molar-refractivity contribution in [3.05, 3.63) is 82.9 Å². The van der Waals surface area contributed by atoms with Crippen LogP contribution in [0, 0.1) is 17.3 Å². The molecule has 4 aliphatic rings. The van der Waals surface area contributed by atoms with Gasteiger partial charge in [-0.25, -0.2) is 14.4 Å². The summed E-state index contributed by atoms with van der Waals surface area (Å²) < 4.78 is 29.3. The standard InChI is InChI=1S/C42H51NO14/c1-21-26(54-37(50)32(47)30(24-14-10-8-11-15-24)43-38(51)57-39(4,5)6)19-41(52)22(2)29(21)31(46)34(48)40(7)27(45)18-28-42(20-53-28,56-23(3)44)33(40)35(41)55-36(49)25-16-12-9-13-17-25/h8-17,22,26-28,30-33,35,45-47,52H,18-20H2,1-7H3,(H,43,51)/t22?,26-,27+,28+,30-,31+,32+,33-,35-,40+,41-,42-/m0/s1. The van der Waals surface area contributed by atoms with Gasteiger partial charge in [0.2, 0.25) is 0 Å². The number of rotatable bonds is 8. The molecule has 5 N–H and O–H groups in total. The van der Waals surface area contributed by atoms with Crippen molar-refractivity contribution in [3.63, 3.8) is 0 Å². The van der Waals surface area contributed by atoms with Crippen molar-refractivity contribution in [2.45, 2.75) is 121 Å². The van der Waals surface area contributed by atoms with Crippen LogP contribution in [0.3, 0.4) is 0 Å². The summed E-state index contributed by atoms with van der Waals surface area (Å²) in [5, 5.41) is 51.0. The minimum atomic E-state index is -2.29. The van der Waals surface area contributed by atoms with Gasteiger partial charge in [0, 0.05) is 25.7 Å². The molecule has 1 aliphatic heterocycles. The van der Waals surface area contributed by atoms with E-state index in [-0.39, 0.29) is 29.7 Å². The lowest BCUT2D eigenvalue weighted by molar-refractivity contribution is -0.343. The van der Waals surface area contributed by atoms with Crippen molar-refractivity contribution in [1.29, 1.82) is 0 Å². The molecule has 0 radical (unpaired) electrons. The highest BCUT2D eigenvalue weighted by Gasteiger charge is 2.76. The number of aliphatic hydroxyl groups excluding tert-OH is 3. The van der Waals surface area contributed by atoms with Crippen LogP contribution in [0.2, 0.25) is 0 Å². The zero-order valence-electron chi connectivity index (χ0n) is 33.0. The molecular weight excluding hydrogens is 742 g/mol. The zero-order chi connectivity index (χ0) is 41.8. The van der Waals surface area contributed by atoms with Gasteiger partial charge < -0.3 is 49.4 Å². The second kappa shape index (κ2) is 15.3. The van der Waals surface area contributed by atoms with Gasteiger partial charge >= 0.3 is 24.0 Å². The van der Waals surface area contributed by atoms with E-state index in [1.54, 1.807) is 69.3 Å². The van der Waals surface area contributed by atoms with Gasteiger partial charge in [-0.2, -0.15) is 0 Å². The largest absolute Gasteiger partial charge is 0.456 e. The zero-order valence-corrected chi connectivity index (χ0v) is 33.0. The van der Waals surface area contributed by atoms with Crippen LogP contribution in [-0.4, -0.2) is 110 Å².